The van der Waals surface area contributed by atoms with Gasteiger partial charge in [0.1, 0.15) is 11.6 Å². The maximum Gasteiger partial charge on any atom is 0.338 e. The van der Waals surface area contributed by atoms with Gasteiger partial charge in [0, 0.05) is 15.6 Å². The number of aromatic nitrogens is 1. The number of halogens is 3. The molecule has 0 fully saturated rings. The van der Waals surface area contributed by atoms with Gasteiger partial charge in [-0.3, -0.25) is 9.36 Å². The minimum Gasteiger partial charge on any atom is -0.506 e. The average Bonchev–Trinajstić information content (AvgIpc) is 3.21. The Balaban J connectivity index is 1.84. The Kier molecular flexibility index (Phi) is 7.34. The van der Waals surface area contributed by atoms with Gasteiger partial charge >= 0.3 is 5.97 Å². The molecule has 4 aromatic rings. The summed E-state index contributed by atoms with van der Waals surface area (Å²) >= 11 is 10.6. The first-order chi connectivity index (χ1) is 18.3. The highest BCUT2D eigenvalue weighted by molar-refractivity contribution is 9.10. The van der Waals surface area contributed by atoms with Crippen LogP contribution in [0.3, 0.4) is 0 Å². The Morgan fingerprint density at radius 1 is 1.21 bits per heavy atom. The molecular weight excluding hydrogens is 595 g/mol. The molecular formula is C28H19BrClFN2O4S. The van der Waals surface area contributed by atoms with Crippen molar-refractivity contribution in [1.82, 2.24) is 4.57 Å². The number of hydrogen-bond acceptors (Lipinski definition) is 6. The van der Waals surface area contributed by atoms with Crippen molar-refractivity contribution in [1.29, 1.82) is 0 Å². The number of phenols is 1. The van der Waals surface area contributed by atoms with Gasteiger partial charge < -0.3 is 9.84 Å². The summed E-state index contributed by atoms with van der Waals surface area (Å²) in [6, 6.07) is 17.0. The molecule has 0 saturated carbocycles. The van der Waals surface area contributed by atoms with Gasteiger partial charge in [-0.1, -0.05) is 81.3 Å². The number of phenolic OH excluding ortho intramolecular Hbond substituents is 1. The van der Waals surface area contributed by atoms with Crippen LogP contribution >= 0.6 is 38.9 Å². The van der Waals surface area contributed by atoms with E-state index in [2.05, 4.69) is 15.9 Å². The summed E-state index contributed by atoms with van der Waals surface area (Å²) in [6.07, 6.45) is 1.52. The highest BCUT2D eigenvalue weighted by Crippen LogP contribution is 2.35. The SMILES string of the molecule is CCOC(=O)C1=C(c2ccccc2)N=c2s/c(=C\c3cc(Br)cc(Cl)c3O)c(=O)n2[C@H]1c1ccc(F)cc1. The Morgan fingerprint density at radius 3 is 2.61 bits per heavy atom. The largest absolute Gasteiger partial charge is 0.506 e. The molecule has 1 N–H and O–H groups in total. The average molecular weight is 614 g/mol. The summed E-state index contributed by atoms with van der Waals surface area (Å²) in [7, 11) is 0. The molecule has 38 heavy (non-hydrogen) atoms. The molecule has 2 heterocycles. The highest BCUT2D eigenvalue weighted by atomic mass is 79.9. The first kappa shape index (κ1) is 26.1. The normalized spacial score (nSPS) is 15.3. The molecule has 1 aliphatic heterocycles. The maximum atomic E-state index is 13.9. The van der Waals surface area contributed by atoms with E-state index in [-0.39, 0.29) is 27.5 Å². The predicted molar refractivity (Wildman–Crippen MR) is 148 cm³/mol. The van der Waals surface area contributed by atoms with Crippen LogP contribution in [0.15, 0.2) is 86.6 Å². The van der Waals surface area contributed by atoms with Crippen molar-refractivity contribution in [3.63, 3.8) is 0 Å². The number of carbonyl (C=O) groups excluding carboxylic acids is 1. The monoisotopic (exact) mass is 612 g/mol. The topological polar surface area (TPSA) is 80.9 Å². The van der Waals surface area contributed by atoms with E-state index < -0.39 is 23.4 Å². The lowest BCUT2D eigenvalue weighted by Crippen LogP contribution is -2.40. The van der Waals surface area contributed by atoms with Gasteiger partial charge in [-0.2, -0.15) is 0 Å². The van der Waals surface area contributed by atoms with Gasteiger partial charge in [-0.05, 0) is 42.8 Å². The highest BCUT2D eigenvalue weighted by Gasteiger charge is 2.35. The van der Waals surface area contributed by atoms with Gasteiger partial charge in [0.15, 0.2) is 4.80 Å². The minimum atomic E-state index is -0.928. The number of fused-ring (bicyclic) bond motifs is 1. The molecule has 0 bridgehead atoms. The van der Waals surface area contributed by atoms with Crippen molar-refractivity contribution in [3.05, 3.63) is 124 Å². The molecule has 0 amide bonds. The zero-order chi connectivity index (χ0) is 27.0. The van der Waals surface area contributed by atoms with Gasteiger partial charge in [0.05, 0.1) is 33.5 Å². The summed E-state index contributed by atoms with van der Waals surface area (Å²) in [5.74, 6) is -1.25. The van der Waals surface area contributed by atoms with E-state index in [1.807, 2.05) is 30.3 Å². The summed E-state index contributed by atoms with van der Waals surface area (Å²) < 4.78 is 21.6. The second kappa shape index (κ2) is 10.7. The van der Waals surface area contributed by atoms with Gasteiger partial charge in [-0.15, -0.1) is 0 Å². The van der Waals surface area contributed by atoms with Crippen LogP contribution in [0.25, 0.3) is 11.8 Å². The molecule has 192 valence electrons. The number of rotatable bonds is 5. The summed E-state index contributed by atoms with van der Waals surface area (Å²) in [6.45, 7) is 1.81. The van der Waals surface area contributed by atoms with E-state index in [0.29, 0.717) is 31.7 Å². The van der Waals surface area contributed by atoms with Gasteiger partial charge in [0.2, 0.25) is 0 Å². The Bertz CT molecular complexity index is 1770. The summed E-state index contributed by atoms with van der Waals surface area (Å²) in [5.41, 5.74) is 1.60. The third-order valence-electron chi connectivity index (χ3n) is 5.90. The van der Waals surface area contributed by atoms with Crippen LogP contribution in [0.1, 0.15) is 29.7 Å². The molecule has 6 nitrogen and oxygen atoms in total. The number of nitrogens with zero attached hydrogens (tertiary/aromatic N) is 2. The van der Waals surface area contributed by atoms with E-state index in [9.17, 15) is 19.1 Å². The second-order valence-corrected chi connectivity index (χ2v) is 10.6. The molecule has 0 aliphatic carbocycles. The molecule has 0 radical (unpaired) electrons. The first-order valence-corrected chi connectivity index (χ1v) is 13.5. The zero-order valence-corrected chi connectivity index (χ0v) is 23.0. The van der Waals surface area contributed by atoms with Crippen LogP contribution in [0.2, 0.25) is 5.02 Å². The van der Waals surface area contributed by atoms with Gasteiger partial charge in [0.25, 0.3) is 5.56 Å². The lowest BCUT2D eigenvalue weighted by atomic mass is 9.93. The molecule has 1 aliphatic rings. The maximum absolute atomic E-state index is 13.9. The second-order valence-electron chi connectivity index (χ2n) is 8.31. The summed E-state index contributed by atoms with van der Waals surface area (Å²) in [4.78, 5) is 32.3. The van der Waals surface area contributed by atoms with Crippen molar-refractivity contribution in [2.24, 2.45) is 4.99 Å². The fraction of sp³-hybridized carbons (Fsp3) is 0.107. The zero-order valence-electron chi connectivity index (χ0n) is 19.8. The molecule has 0 saturated heterocycles. The molecule has 10 heteroatoms. The Hall–Kier alpha value is -3.53. The third-order valence-corrected chi connectivity index (χ3v) is 7.63. The molecule has 3 aromatic carbocycles. The van der Waals surface area contributed by atoms with Crippen LogP contribution in [-0.4, -0.2) is 22.2 Å². The molecule has 1 aromatic heterocycles. The Labute approximate surface area is 233 Å². The van der Waals surface area contributed by atoms with Crippen LogP contribution in [0.4, 0.5) is 4.39 Å². The fourth-order valence-corrected chi connectivity index (χ4v) is 6.06. The summed E-state index contributed by atoms with van der Waals surface area (Å²) in [5, 5.41) is 10.6. The minimum absolute atomic E-state index is 0.119. The predicted octanol–water partition coefficient (Wildman–Crippen LogP) is 5.20. The number of benzene rings is 3. The van der Waals surface area contributed by atoms with Crippen LogP contribution in [0, 0.1) is 5.82 Å². The smallest absolute Gasteiger partial charge is 0.338 e. The van der Waals surface area contributed by atoms with Crippen molar-refractivity contribution in [2.45, 2.75) is 13.0 Å². The fourth-order valence-electron chi connectivity index (χ4n) is 4.24. The quantitative estimate of drug-likeness (QED) is 0.314. The van der Waals surface area contributed by atoms with Crippen LogP contribution in [0.5, 0.6) is 5.75 Å². The van der Waals surface area contributed by atoms with Crippen LogP contribution < -0.4 is 14.9 Å². The van der Waals surface area contributed by atoms with E-state index in [1.54, 1.807) is 19.1 Å². The molecule has 5 rings (SSSR count). The number of ether oxygens (including phenoxy) is 1. The van der Waals surface area contributed by atoms with Gasteiger partial charge in [-0.25, -0.2) is 14.2 Å². The number of thiazole rings is 1. The van der Waals surface area contributed by atoms with E-state index in [1.165, 1.54) is 34.9 Å². The number of hydrogen-bond donors (Lipinski definition) is 1. The van der Waals surface area contributed by atoms with E-state index >= 15 is 0 Å². The first-order valence-electron chi connectivity index (χ1n) is 11.5. The number of carbonyl (C=O) groups is 1. The van der Waals surface area contributed by atoms with E-state index in [0.717, 1.165) is 11.3 Å². The molecule has 0 unspecified atom stereocenters. The molecule has 1 atom stereocenters. The lowest BCUT2D eigenvalue weighted by Gasteiger charge is -2.25. The van der Waals surface area contributed by atoms with Crippen LogP contribution in [-0.2, 0) is 9.53 Å². The van der Waals surface area contributed by atoms with Crippen molar-refractivity contribution in [2.75, 3.05) is 6.61 Å². The van der Waals surface area contributed by atoms with Crippen molar-refractivity contribution < 1.29 is 19.0 Å². The van der Waals surface area contributed by atoms with Crippen molar-refractivity contribution >= 4 is 56.6 Å². The number of aromatic hydroxyl groups is 1. The van der Waals surface area contributed by atoms with E-state index in [4.69, 9.17) is 21.3 Å². The third kappa shape index (κ3) is 4.84. The number of esters is 1. The standard InChI is InChI=1S/C28H19BrClFN2O4S/c1-2-37-27(36)22-23(15-6-4-3-5-7-15)32-28-33(24(22)16-8-10-19(31)11-9-16)26(35)21(38-28)13-17-12-18(29)14-20(30)25(17)34/h3-14,24,34H,2H2,1H3/b21-13-/t24-/m0/s1. The van der Waals surface area contributed by atoms with Crippen molar-refractivity contribution in [3.8, 4) is 5.75 Å². The Morgan fingerprint density at radius 2 is 1.92 bits per heavy atom. The molecule has 0 spiro atoms. The lowest BCUT2D eigenvalue weighted by molar-refractivity contribution is -0.138.